The Kier molecular flexibility index (Phi) is 4.25. The summed E-state index contributed by atoms with van der Waals surface area (Å²) in [6.45, 7) is 7.24. The summed E-state index contributed by atoms with van der Waals surface area (Å²) in [5.74, 6) is 0.956. The highest BCUT2D eigenvalue weighted by atomic mass is 79.9. The number of hydrogen-bond acceptors (Lipinski definition) is 2. The predicted molar refractivity (Wildman–Crippen MR) is 77.8 cm³/mol. The van der Waals surface area contributed by atoms with Gasteiger partial charge in [0.25, 0.3) is 0 Å². The van der Waals surface area contributed by atoms with Crippen molar-refractivity contribution in [1.29, 1.82) is 0 Å². The molecule has 1 atom stereocenters. The molecule has 0 bridgehead atoms. The van der Waals surface area contributed by atoms with Gasteiger partial charge in [0.15, 0.2) is 0 Å². The van der Waals surface area contributed by atoms with Gasteiger partial charge in [-0.05, 0) is 49.2 Å². The number of benzene rings is 1. The maximum Gasteiger partial charge on any atom is 0.125 e. The average Bonchev–Trinajstić information content (AvgIpc) is 2.86. The van der Waals surface area contributed by atoms with Crippen LogP contribution in [-0.2, 0) is 0 Å². The van der Waals surface area contributed by atoms with E-state index in [1.807, 2.05) is 12.1 Å². The monoisotopic (exact) mass is 307 g/mol. The molecule has 1 unspecified atom stereocenters. The second-order valence-corrected chi connectivity index (χ2v) is 5.27. The van der Waals surface area contributed by atoms with Crippen molar-refractivity contribution in [2.24, 2.45) is 0 Å². The Morgan fingerprint density at radius 2 is 1.94 bits per heavy atom. The van der Waals surface area contributed by atoms with Crippen LogP contribution in [0.25, 0.3) is 0 Å². The van der Waals surface area contributed by atoms with Crippen LogP contribution in [0, 0.1) is 13.8 Å². The van der Waals surface area contributed by atoms with Crippen molar-refractivity contribution in [2.75, 3.05) is 6.54 Å². The van der Waals surface area contributed by atoms with E-state index in [9.17, 15) is 0 Å². The molecule has 1 N–H and O–H groups in total. The summed E-state index contributed by atoms with van der Waals surface area (Å²) in [4.78, 5) is 0. The molecule has 0 aliphatic heterocycles. The molecule has 2 nitrogen and oxygen atoms in total. The van der Waals surface area contributed by atoms with Crippen LogP contribution < -0.4 is 5.32 Å². The van der Waals surface area contributed by atoms with E-state index in [1.54, 1.807) is 6.26 Å². The highest BCUT2D eigenvalue weighted by Crippen LogP contribution is 2.29. The molecule has 0 amide bonds. The molecule has 1 heterocycles. The molecule has 0 saturated heterocycles. The summed E-state index contributed by atoms with van der Waals surface area (Å²) < 4.78 is 6.72. The van der Waals surface area contributed by atoms with Gasteiger partial charge in [-0.15, -0.1) is 0 Å². The summed E-state index contributed by atoms with van der Waals surface area (Å²) in [5, 5.41) is 3.47. The molecule has 0 radical (unpaired) electrons. The van der Waals surface area contributed by atoms with E-state index < -0.39 is 0 Å². The van der Waals surface area contributed by atoms with Gasteiger partial charge in [-0.1, -0.05) is 35.0 Å². The fraction of sp³-hybridized carbons (Fsp3) is 0.333. The van der Waals surface area contributed by atoms with Crippen LogP contribution in [0.3, 0.4) is 0 Å². The lowest BCUT2D eigenvalue weighted by Crippen LogP contribution is -2.21. The molecule has 0 aliphatic rings. The number of nitrogens with one attached hydrogen (secondary N) is 1. The van der Waals surface area contributed by atoms with E-state index in [0.717, 1.165) is 12.3 Å². The standard InChI is InChI=1S/C15H18BrNO/c1-4-17-15(13-6-5-7-18-13)12-8-10(2)14(16)11(3)9-12/h5-9,15,17H,4H2,1-3H3. The molecule has 0 aliphatic carbocycles. The Balaban J connectivity index is 2.43. The van der Waals surface area contributed by atoms with Crippen molar-refractivity contribution < 1.29 is 4.42 Å². The highest BCUT2D eigenvalue weighted by molar-refractivity contribution is 9.10. The lowest BCUT2D eigenvalue weighted by atomic mass is 9.99. The van der Waals surface area contributed by atoms with E-state index in [2.05, 4.69) is 54.2 Å². The number of aryl methyl sites for hydroxylation is 2. The number of hydrogen-bond donors (Lipinski definition) is 1. The molecule has 0 spiro atoms. The lowest BCUT2D eigenvalue weighted by molar-refractivity contribution is 0.452. The maximum atomic E-state index is 5.54. The molecule has 3 heteroatoms. The maximum absolute atomic E-state index is 5.54. The first-order valence-corrected chi connectivity index (χ1v) is 6.96. The third kappa shape index (κ3) is 2.68. The second kappa shape index (κ2) is 5.72. The van der Waals surface area contributed by atoms with E-state index in [4.69, 9.17) is 4.42 Å². The topological polar surface area (TPSA) is 25.2 Å². The van der Waals surface area contributed by atoms with E-state index in [1.165, 1.54) is 21.2 Å². The van der Waals surface area contributed by atoms with Gasteiger partial charge in [0, 0.05) is 4.47 Å². The van der Waals surface area contributed by atoms with Gasteiger partial charge in [-0.3, -0.25) is 0 Å². The summed E-state index contributed by atoms with van der Waals surface area (Å²) in [6, 6.07) is 8.47. The van der Waals surface area contributed by atoms with Crippen LogP contribution >= 0.6 is 15.9 Å². The number of furan rings is 1. The van der Waals surface area contributed by atoms with E-state index in [-0.39, 0.29) is 6.04 Å². The first-order chi connectivity index (χ1) is 8.63. The van der Waals surface area contributed by atoms with Crippen LogP contribution in [0.5, 0.6) is 0 Å². The SMILES string of the molecule is CCNC(c1cc(C)c(Br)c(C)c1)c1ccco1. The minimum Gasteiger partial charge on any atom is -0.467 e. The van der Waals surface area contributed by atoms with Crippen molar-refractivity contribution in [3.8, 4) is 0 Å². The van der Waals surface area contributed by atoms with Gasteiger partial charge in [0.1, 0.15) is 5.76 Å². The molecule has 2 rings (SSSR count). The smallest absolute Gasteiger partial charge is 0.125 e. The van der Waals surface area contributed by atoms with Gasteiger partial charge in [-0.25, -0.2) is 0 Å². The second-order valence-electron chi connectivity index (χ2n) is 4.47. The van der Waals surface area contributed by atoms with Crippen LogP contribution in [0.4, 0.5) is 0 Å². The van der Waals surface area contributed by atoms with Gasteiger partial charge in [0.2, 0.25) is 0 Å². The summed E-state index contributed by atoms with van der Waals surface area (Å²) >= 11 is 3.61. The zero-order valence-electron chi connectivity index (χ0n) is 11.0. The molecule has 96 valence electrons. The van der Waals surface area contributed by atoms with Crippen molar-refractivity contribution >= 4 is 15.9 Å². The van der Waals surface area contributed by atoms with Crippen LogP contribution in [0.2, 0.25) is 0 Å². The van der Waals surface area contributed by atoms with Crippen LogP contribution in [0.1, 0.15) is 35.4 Å². The molecule has 1 aromatic carbocycles. The Labute approximate surface area is 117 Å². The van der Waals surface area contributed by atoms with Gasteiger partial charge >= 0.3 is 0 Å². The fourth-order valence-electron chi connectivity index (χ4n) is 2.19. The average molecular weight is 308 g/mol. The van der Waals surface area contributed by atoms with Gasteiger partial charge in [0.05, 0.1) is 12.3 Å². The third-order valence-electron chi connectivity index (χ3n) is 3.03. The van der Waals surface area contributed by atoms with Gasteiger partial charge in [-0.2, -0.15) is 0 Å². The lowest BCUT2D eigenvalue weighted by Gasteiger charge is -2.18. The largest absolute Gasteiger partial charge is 0.467 e. The van der Waals surface area contributed by atoms with Gasteiger partial charge < -0.3 is 9.73 Å². The number of rotatable bonds is 4. The first kappa shape index (κ1) is 13.4. The minimum absolute atomic E-state index is 0.121. The molecular formula is C15H18BrNO. The molecule has 18 heavy (non-hydrogen) atoms. The van der Waals surface area contributed by atoms with Crippen molar-refractivity contribution in [1.82, 2.24) is 5.32 Å². The predicted octanol–water partition coefficient (Wildman–Crippen LogP) is 4.36. The Morgan fingerprint density at radius 3 is 2.44 bits per heavy atom. The third-order valence-corrected chi connectivity index (χ3v) is 4.28. The quantitative estimate of drug-likeness (QED) is 0.908. The first-order valence-electron chi connectivity index (χ1n) is 6.17. The van der Waals surface area contributed by atoms with E-state index in [0.29, 0.717) is 0 Å². The minimum atomic E-state index is 0.121. The summed E-state index contributed by atoms with van der Waals surface area (Å²) in [6.07, 6.45) is 1.72. The van der Waals surface area contributed by atoms with Crippen molar-refractivity contribution in [3.05, 3.63) is 57.5 Å². The van der Waals surface area contributed by atoms with Crippen LogP contribution in [-0.4, -0.2) is 6.54 Å². The normalized spacial score (nSPS) is 12.7. The molecular weight excluding hydrogens is 290 g/mol. The molecule has 0 fully saturated rings. The molecule has 1 aromatic heterocycles. The zero-order valence-corrected chi connectivity index (χ0v) is 12.5. The fourth-order valence-corrected chi connectivity index (χ4v) is 2.42. The zero-order chi connectivity index (χ0) is 13.1. The molecule has 0 saturated carbocycles. The Hall–Kier alpha value is -1.06. The van der Waals surface area contributed by atoms with Crippen molar-refractivity contribution in [2.45, 2.75) is 26.8 Å². The van der Waals surface area contributed by atoms with Crippen LogP contribution in [0.15, 0.2) is 39.4 Å². The highest BCUT2D eigenvalue weighted by Gasteiger charge is 2.17. The van der Waals surface area contributed by atoms with E-state index >= 15 is 0 Å². The Bertz CT molecular complexity index is 496. The Morgan fingerprint density at radius 1 is 1.28 bits per heavy atom. The summed E-state index contributed by atoms with van der Waals surface area (Å²) in [5.41, 5.74) is 3.74. The summed E-state index contributed by atoms with van der Waals surface area (Å²) in [7, 11) is 0. The number of halogens is 1. The molecule has 2 aromatic rings. The van der Waals surface area contributed by atoms with Crippen molar-refractivity contribution in [3.63, 3.8) is 0 Å².